The highest BCUT2D eigenvalue weighted by Gasteiger charge is 2.29. The van der Waals surface area contributed by atoms with E-state index in [-0.39, 0.29) is 0 Å². The van der Waals surface area contributed by atoms with Gasteiger partial charge in [0, 0.05) is 24.7 Å². The van der Waals surface area contributed by atoms with Crippen molar-refractivity contribution in [3.8, 4) is 0 Å². The summed E-state index contributed by atoms with van der Waals surface area (Å²) in [6.45, 7) is 2.52. The van der Waals surface area contributed by atoms with Crippen LogP contribution in [0.3, 0.4) is 0 Å². The zero-order chi connectivity index (χ0) is 13.0. The first-order valence-electron chi connectivity index (χ1n) is 5.95. The Labute approximate surface area is 111 Å². The summed E-state index contributed by atoms with van der Waals surface area (Å²) in [5.41, 5.74) is 1.10. The summed E-state index contributed by atoms with van der Waals surface area (Å²) in [7, 11) is 0. The van der Waals surface area contributed by atoms with Gasteiger partial charge in [0.25, 0.3) is 0 Å². The summed E-state index contributed by atoms with van der Waals surface area (Å²) < 4.78 is 5.55. The van der Waals surface area contributed by atoms with Gasteiger partial charge < -0.3 is 14.7 Å². The van der Waals surface area contributed by atoms with Gasteiger partial charge in [-0.3, -0.25) is 0 Å². The first-order chi connectivity index (χ1) is 8.65. The second-order valence-electron chi connectivity index (χ2n) is 4.52. The van der Waals surface area contributed by atoms with Crippen LogP contribution in [0, 0.1) is 5.92 Å². The van der Waals surface area contributed by atoms with Crippen LogP contribution >= 0.6 is 11.6 Å². The van der Waals surface area contributed by atoms with Gasteiger partial charge in [0.15, 0.2) is 0 Å². The largest absolute Gasteiger partial charge is 0.465 e. The van der Waals surface area contributed by atoms with E-state index in [9.17, 15) is 4.79 Å². The molecule has 1 aromatic carbocycles. The maximum absolute atomic E-state index is 10.6. The van der Waals surface area contributed by atoms with Crippen LogP contribution in [0.2, 0.25) is 5.02 Å². The predicted octanol–water partition coefficient (Wildman–Crippen LogP) is 2.86. The quantitative estimate of drug-likeness (QED) is 0.836. The molecule has 1 N–H and O–H groups in total. The Kier molecular flexibility index (Phi) is 4.44. The average molecular weight is 270 g/mol. The van der Waals surface area contributed by atoms with Gasteiger partial charge in [-0.25, -0.2) is 4.79 Å². The Morgan fingerprint density at radius 3 is 2.67 bits per heavy atom. The lowest BCUT2D eigenvalue weighted by atomic mass is 9.97. The summed E-state index contributed by atoms with van der Waals surface area (Å²) in [6.07, 6.45) is 0.0884. The van der Waals surface area contributed by atoms with E-state index in [0.717, 1.165) is 17.0 Å². The molecule has 1 amide bonds. The molecule has 1 saturated heterocycles. The van der Waals surface area contributed by atoms with Crippen LogP contribution in [0.25, 0.3) is 0 Å². The summed E-state index contributed by atoms with van der Waals surface area (Å²) >= 11 is 5.79. The number of carboxylic acid groups (broad SMARTS) is 1. The van der Waals surface area contributed by atoms with Crippen molar-refractivity contribution in [1.82, 2.24) is 4.90 Å². The van der Waals surface area contributed by atoms with Crippen LogP contribution in [-0.2, 0) is 11.3 Å². The van der Waals surface area contributed by atoms with Crippen LogP contribution in [-0.4, -0.2) is 35.8 Å². The fourth-order valence-electron chi connectivity index (χ4n) is 1.93. The van der Waals surface area contributed by atoms with E-state index in [1.807, 2.05) is 24.3 Å². The molecule has 1 fully saturated rings. The molecule has 18 heavy (non-hydrogen) atoms. The molecular weight excluding hydrogens is 254 g/mol. The molecule has 0 aromatic heterocycles. The van der Waals surface area contributed by atoms with Gasteiger partial charge in [-0.15, -0.1) is 0 Å². The lowest BCUT2D eigenvalue weighted by molar-refractivity contribution is 0.0496. The van der Waals surface area contributed by atoms with Crippen LogP contribution < -0.4 is 0 Å². The molecule has 0 atom stereocenters. The first-order valence-corrected chi connectivity index (χ1v) is 6.33. The molecule has 1 heterocycles. The summed E-state index contributed by atoms with van der Waals surface area (Å²) in [5.74, 6) is 0.450. The molecule has 1 aliphatic rings. The van der Waals surface area contributed by atoms with Crippen molar-refractivity contribution in [2.45, 2.75) is 13.0 Å². The van der Waals surface area contributed by atoms with E-state index in [1.54, 1.807) is 0 Å². The summed E-state index contributed by atoms with van der Waals surface area (Å²) in [6, 6.07) is 7.57. The Morgan fingerprint density at radius 1 is 1.39 bits per heavy atom. The van der Waals surface area contributed by atoms with Gasteiger partial charge >= 0.3 is 6.09 Å². The molecule has 0 saturated carbocycles. The lowest BCUT2D eigenvalue weighted by Gasteiger charge is -2.36. The van der Waals surface area contributed by atoms with Gasteiger partial charge in [-0.2, -0.15) is 0 Å². The molecule has 5 heteroatoms. The second-order valence-corrected chi connectivity index (χ2v) is 4.96. The number of ether oxygens (including phenoxy) is 1. The van der Waals surface area contributed by atoms with Crippen molar-refractivity contribution < 1.29 is 14.6 Å². The third-order valence-corrected chi connectivity index (χ3v) is 3.33. The fourth-order valence-corrected chi connectivity index (χ4v) is 2.06. The van der Waals surface area contributed by atoms with Crippen LogP contribution in [0.15, 0.2) is 24.3 Å². The number of likely N-dealkylation sites (tertiary alicyclic amines) is 1. The van der Waals surface area contributed by atoms with Gasteiger partial charge in [-0.1, -0.05) is 23.7 Å². The van der Waals surface area contributed by atoms with Crippen molar-refractivity contribution in [3.05, 3.63) is 34.9 Å². The Hall–Kier alpha value is -1.26. The fraction of sp³-hybridized carbons (Fsp3) is 0.462. The number of rotatable bonds is 5. The van der Waals surface area contributed by atoms with E-state index >= 15 is 0 Å². The van der Waals surface area contributed by atoms with Crippen molar-refractivity contribution in [3.63, 3.8) is 0 Å². The average Bonchev–Trinajstić information content (AvgIpc) is 2.28. The van der Waals surface area contributed by atoms with E-state index in [1.165, 1.54) is 4.90 Å². The van der Waals surface area contributed by atoms with Crippen molar-refractivity contribution in [2.24, 2.45) is 5.92 Å². The van der Waals surface area contributed by atoms with E-state index in [2.05, 4.69) is 0 Å². The standard InChI is InChI=1S/C13H16ClNO3/c14-12-3-1-10(2-4-12)9-18-6-5-11-7-15(8-11)13(16)17/h1-4,11H,5-9H2,(H,16,17). The molecular formula is C13H16ClNO3. The highest BCUT2D eigenvalue weighted by Crippen LogP contribution is 2.19. The molecule has 4 nitrogen and oxygen atoms in total. The van der Waals surface area contributed by atoms with E-state index in [4.69, 9.17) is 21.4 Å². The molecule has 0 aliphatic carbocycles. The molecule has 0 bridgehead atoms. The molecule has 98 valence electrons. The monoisotopic (exact) mass is 269 g/mol. The number of hydrogen-bond donors (Lipinski definition) is 1. The number of halogens is 1. The molecule has 1 aromatic rings. The third kappa shape index (κ3) is 3.62. The highest BCUT2D eigenvalue weighted by molar-refractivity contribution is 6.30. The van der Waals surface area contributed by atoms with Crippen LogP contribution in [0.4, 0.5) is 4.79 Å². The maximum Gasteiger partial charge on any atom is 0.407 e. The molecule has 1 aliphatic heterocycles. The highest BCUT2D eigenvalue weighted by atomic mass is 35.5. The minimum absolute atomic E-state index is 0.450. The summed E-state index contributed by atoms with van der Waals surface area (Å²) in [5, 5.41) is 9.40. The maximum atomic E-state index is 10.6. The Balaban J connectivity index is 1.57. The van der Waals surface area contributed by atoms with E-state index < -0.39 is 6.09 Å². The van der Waals surface area contributed by atoms with Gasteiger partial charge in [0.05, 0.1) is 6.61 Å². The minimum Gasteiger partial charge on any atom is -0.465 e. The number of benzene rings is 1. The van der Waals surface area contributed by atoms with Crippen molar-refractivity contribution in [2.75, 3.05) is 19.7 Å². The number of carbonyl (C=O) groups is 1. The van der Waals surface area contributed by atoms with E-state index in [0.29, 0.717) is 32.2 Å². The molecule has 0 radical (unpaired) electrons. The Morgan fingerprint density at radius 2 is 2.06 bits per heavy atom. The normalized spacial score (nSPS) is 15.5. The number of nitrogens with zero attached hydrogens (tertiary/aromatic N) is 1. The minimum atomic E-state index is -0.826. The van der Waals surface area contributed by atoms with Gasteiger partial charge in [0.1, 0.15) is 0 Å². The van der Waals surface area contributed by atoms with Gasteiger partial charge in [-0.05, 0) is 30.0 Å². The van der Waals surface area contributed by atoms with Crippen LogP contribution in [0.1, 0.15) is 12.0 Å². The smallest absolute Gasteiger partial charge is 0.407 e. The number of amides is 1. The van der Waals surface area contributed by atoms with Gasteiger partial charge in [0.2, 0.25) is 0 Å². The van der Waals surface area contributed by atoms with Crippen molar-refractivity contribution in [1.29, 1.82) is 0 Å². The predicted molar refractivity (Wildman–Crippen MR) is 68.8 cm³/mol. The first kappa shape index (κ1) is 13.2. The molecule has 0 spiro atoms. The van der Waals surface area contributed by atoms with Crippen LogP contribution in [0.5, 0.6) is 0 Å². The Bertz CT molecular complexity index is 401. The zero-order valence-corrected chi connectivity index (χ0v) is 10.8. The molecule has 0 unspecified atom stereocenters. The third-order valence-electron chi connectivity index (χ3n) is 3.08. The van der Waals surface area contributed by atoms with Crippen molar-refractivity contribution >= 4 is 17.7 Å². The summed E-state index contributed by atoms with van der Waals surface area (Å²) in [4.78, 5) is 12.0. The second kappa shape index (κ2) is 6.07. The topological polar surface area (TPSA) is 49.8 Å². The molecule has 2 rings (SSSR count). The SMILES string of the molecule is O=C(O)N1CC(CCOCc2ccc(Cl)cc2)C1. The zero-order valence-electron chi connectivity index (χ0n) is 10.0. The lowest BCUT2D eigenvalue weighted by Crippen LogP contribution is -2.49. The number of hydrogen-bond acceptors (Lipinski definition) is 2.